The van der Waals surface area contributed by atoms with Crippen molar-refractivity contribution >= 4 is 34.9 Å². The Kier molecular flexibility index (Phi) is 4.61. The van der Waals surface area contributed by atoms with E-state index in [0.29, 0.717) is 0 Å². The number of hydrogen-bond donors (Lipinski definition) is 1. The third-order valence-electron chi connectivity index (χ3n) is 1.87. The molecule has 0 radical (unpaired) electrons. The van der Waals surface area contributed by atoms with E-state index in [1.165, 1.54) is 12.1 Å². The zero-order valence-electron chi connectivity index (χ0n) is 9.31. The Balaban J connectivity index is 2.90. The van der Waals surface area contributed by atoms with Gasteiger partial charge in [0.05, 0.1) is 22.2 Å². The fraction of sp³-hybridized carbons (Fsp3) is 0.200. The topological polar surface area (TPSA) is 98.5 Å². The molecule has 0 aliphatic heterocycles. The maximum absolute atomic E-state index is 11.3. The molecule has 0 aliphatic carbocycles. The van der Waals surface area contributed by atoms with Crippen molar-refractivity contribution in [2.45, 2.75) is 6.92 Å². The minimum absolute atomic E-state index is 0.0241. The lowest BCUT2D eigenvalue weighted by atomic mass is 10.3. The molecule has 1 N–H and O–H groups in total. The van der Waals surface area contributed by atoms with E-state index in [4.69, 9.17) is 11.6 Å². The number of rotatable bonds is 3. The second-order valence-electron chi connectivity index (χ2n) is 3.10. The van der Waals surface area contributed by atoms with Gasteiger partial charge >= 0.3 is 11.9 Å². The van der Waals surface area contributed by atoms with Gasteiger partial charge in [-0.2, -0.15) is 0 Å². The minimum Gasteiger partial charge on any atom is -0.459 e. The number of nitro groups is 1. The number of nitrogens with zero attached hydrogens (tertiary/aromatic N) is 1. The van der Waals surface area contributed by atoms with E-state index in [-0.39, 0.29) is 23.0 Å². The number of hydrogen-bond acceptors (Lipinski definition) is 5. The molecule has 1 rings (SSSR count). The normalized spacial score (nSPS) is 9.67. The molecule has 0 fully saturated rings. The molecule has 18 heavy (non-hydrogen) atoms. The van der Waals surface area contributed by atoms with Gasteiger partial charge in [0.1, 0.15) is 0 Å². The van der Waals surface area contributed by atoms with Crippen molar-refractivity contribution in [3.05, 3.63) is 33.3 Å². The van der Waals surface area contributed by atoms with Crippen LogP contribution in [0.1, 0.15) is 6.92 Å². The first kappa shape index (κ1) is 13.9. The predicted octanol–water partition coefficient (Wildman–Crippen LogP) is 1.75. The summed E-state index contributed by atoms with van der Waals surface area (Å²) in [6.45, 7) is 1.60. The summed E-state index contributed by atoms with van der Waals surface area (Å²) in [5, 5.41) is 12.8. The van der Waals surface area contributed by atoms with Crippen LogP contribution in [0.4, 0.5) is 11.4 Å². The molecule has 1 aromatic carbocycles. The summed E-state index contributed by atoms with van der Waals surface area (Å²) in [5.41, 5.74) is -0.275. The third-order valence-corrected chi connectivity index (χ3v) is 2.20. The smallest absolute Gasteiger partial charge is 0.397 e. The number of ether oxygens (including phenoxy) is 1. The Hall–Kier alpha value is -2.15. The highest BCUT2D eigenvalue weighted by molar-refractivity contribution is 6.39. The Morgan fingerprint density at radius 2 is 2.17 bits per heavy atom. The maximum Gasteiger partial charge on any atom is 0.397 e. The number of non-ortho nitro benzene ring substituents is 1. The van der Waals surface area contributed by atoms with Crippen LogP contribution in [0.25, 0.3) is 0 Å². The summed E-state index contributed by atoms with van der Waals surface area (Å²) >= 11 is 5.74. The Morgan fingerprint density at radius 1 is 1.50 bits per heavy atom. The van der Waals surface area contributed by atoms with Crippen LogP contribution in [-0.4, -0.2) is 23.4 Å². The largest absolute Gasteiger partial charge is 0.459 e. The molecule has 0 spiro atoms. The number of carbonyl (C=O) groups excluding carboxylic acids is 2. The lowest BCUT2D eigenvalue weighted by molar-refractivity contribution is -0.384. The van der Waals surface area contributed by atoms with Crippen molar-refractivity contribution in [2.75, 3.05) is 11.9 Å². The molecule has 1 aromatic rings. The first-order valence-corrected chi connectivity index (χ1v) is 5.25. The van der Waals surface area contributed by atoms with Gasteiger partial charge in [-0.05, 0) is 13.0 Å². The molecule has 8 heteroatoms. The average Bonchev–Trinajstić information content (AvgIpc) is 2.31. The van der Waals surface area contributed by atoms with Gasteiger partial charge in [0.15, 0.2) is 0 Å². The molecule has 1 amide bonds. The second-order valence-corrected chi connectivity index (χ2v) is 3.50. The molecule has 0 unspecified atom stereocenters. The van der Waals surface area contributed by atoms with Crippen molar-refractivity contribution in [1.82, 2.24) is 0 Å². The standard InChI is InChI=1S/C10H9ClN2O5/c1-2-18-10(15)9(14)12-8-5-6(13(16)17)3-4-7(8)11/h3-5H,2H2,1H3,(H,12,14). The molecule has 0 aliphatic rings. The summed E-state index contributed by atoms with van der Waals surface area (Å²) in [7, 11) is 0. The summed E-state index contributed by atoms with van der Waals surface area (Å²) in [4.78, 5) is 32.3. The van der Waals surface area contributed by atoms with Crippen LogP contribution < -0.4 is 5.32 Å². The van der Waals surface area contributed by atoms with Crippen LogP contribution in [0.3, 0.4) is 0 Å². The zero-order valence-corrected chi connectivity index (χ0v) is 10.1. The summed E-state index contributed by atoms with van der Waals surface area (Å²) < 4.78 is 4.47. The quantitative estimate of drug-likeness (QED) is 0.391. The summed E-state index contributed by atoms with van der Waals surface area (Å²) in [6.07, 6.45) is 0. The number of carbonyl (C=O) groups is 2. The number of amides is 1. The number of esters is 1. The Labute approximate surface area is 107 Å². The van der Waals surface area contributed by atoms with Crippen LogP contribution in [0.2, 0.25) is 5.02 Å². The van der Waals surface area contributed by atoms with E-state index >= 15 is 0 Å². The van der Waals surface area contributed by atoms with E-state index < -0.39 is 16.8 Å². The molecule has 0 aromatic heterocycles. The van der Waals surface area contributed by atoms with Crippen molar-refractivity contribution in [3.63, 3.8) is 0 Å². The fourth-order valence-electron chi connectivity index (χ4n) is 1.09. The molecule has 0 atom stereocenters. The van der Waals surface area contributed by atoms with E-state index in [9.17, 15) is 19.7 Å². The molecular weight excluding hydrogens is 264 g/mol. The van der Waals surface area contributed by atoms with Gasteiger partial charge < -0.3 is 10.1 Å². The maximum atomic E-state index is 11.3. The SMILES string of the molecule is CCOC(=O)C(=O)Nc1cc([N+](=O)[O-])ccc1Cl. The molecular formula is C10H9ClN2O5. The van der Waals surface area contributed by atoms with Gasteiger partial charge in [0.2, 0.25) is 0 Å². The molecule has 0 saturated carbocycles. The first-order chi connectivity index (χ1) is 8.45. The highest BCUT2D eigenvalue weighted by Gasteiger charge is 2.18. The average molecular weight is 273 g/mol. The molecule has 7 nitrogen and oxygen atoms in total. The Bertz CT molecular complexity index is 503. The molecule has 0 bridgehead atoms. The van der Waals surface area contributed by atoms with Crippen molar-refractivity contribution in [3.8, 4) is 0 Å². The van der Waals surface area contributed by atoms with Crippen LogP contribution in [-0.2, 0) is 14.3 Å². The van der Waals surface area contributed by atoms with Crippen LogP contribution in [0, 0.1) is 10.1 Å². The second kappa shape index (κ2) is 5.97. The minimum atomic E-state index is -1.08. The lowest BCUT2D eigenvalue weighted by Crippen LogP contribution is -2.25. The third kappa shape index (κ3) is 3.42. The first-order valence-electron chi connectivity index (χ1n) is 4.87. The van der Waals surface area contributed by atoms with Gasteiger partial charge in [0.25, 0.3) is 5.69 Å². The van der Waals surface area contributed by atoms with E-state index in [2.05, 4.69) is 10.1 Å². The van der Waals surface area contributed by atoms with Crippen molar-refractivity contribution in [2.24, 2.45) is 0 Å². The highest BCUT2D eigenvalue weighted by atomic mass is 35.5. The van der Waals surface area contributed by atoms with E-state index in [1.807, 2.05) is 0 Å². The number of benzene rings is 1. The van der Waals surface area contributed by atoms with Crippen LogP contribution in [0.15, 0.2) is 18.2 Å². The number of nitrogens with one attached hydrogen (secondary N) is 1. The lowest BCUT2D eigenvalue weighted by Gasteiger charge is -2.06. The van der Waals surface area contributed by atoms with Crippen LogP contribution >= 0.6 is 11.6 Å². The highest BCUT2D eigenvalue weighted by Crippen LogP contribution is 2.26. The van der Waals surface area contributed by atoms with Crippen LogP contribution in [0.5, 0.6) is 0 Å². The van der Waals surface area contributed by atoms with E-state index in [1.54, 1.807) is 6.92 Å². The van der Waals surface area contributed by atoms with E-state index in [0.717, 1.165) is 6.07 Å². The predicted molar refractivity (Wildman–Crippen MR) is 63.4 cm³/mol. The number of halogens is 1. The van der Waals surface area contributed by atoms with Gasteiger partial charge in [-0.25, -0.2) is 4.79 Å². The zero-order chi connectivity index (χ0) is 13.7. The van der Waals surface area contributed by atoms with Gasteiger partial charge in [-0.3, -0.25) is 14.9 Å². The Morgan fingerprint density at radius 3 is 2.72 bits per heavy atom. The molecule has 96 valence electrons. The monoisotopic (exact) mass is 272 g/mol. The van der Waals surface area contributed by atoms with Crippen molar-refractivity contribution < 1.29 is 19.2 Å². The number of anilines is 1. The fourth-order valence-corrected chi connectivity index (χ4v) is 1.26. The molecule has 0 saturated heterocycles. The molecule has 0 heterocycles. The summed E-state index contributed by atoms with van der Waals surface area (Å²) in [6, 6.07) is 3.49. The van der Waals surface area contributed by atoms with Gasteiger partial charge in [0, 0.05) is 12.1 Å². The van der Waals surface area contributed by atoms with Gasteiger partial charge in [-0.15, -0.1) is 0 Å². The van der Waals surface area contributed by atoms with Crippen molar-refractivity contribution in [1.29, 1.82) is 0 Å². The number of nitro benzene ring substituents is 1. The van der Waals surface area contributed by atoms with Gasteiger partial charge in [-0.1, -0.05) is 11.6 Å². The summed E-state index contributed by atoms with van der Waals surface area (Å²) in [5.74, 6) is -2.13.